The first-order chi connectivity index (χ1) is 6.15. The van der Waals surface area contributed by atoms with Crippen LogP contribution in [0.3, 0.4) is 0 Å². The van der Waals surface area contributed by atoms with E-state index in [9.17, 15) is 4.39 Å². The third-order valence-electron chi connectivity index (χ3n) is 1.78. The van der Waals surface area contributed by atoms with E-state index < -0.39 is 0 Å². The quantitative estimate of drug-likeness (QED) is 0.779. The van der Waals surface area contributed by atoms with Crippen molar-refractivity contribution in [1.82, 2.24) is 0 Å². The highest BCUT2D eigenvalue weighted by Crippen LogP contribution is 2.21. The van der Waals surface area contributed by atoms with Gasteiger partial charge >= 0.3 is 0 Å². The molecule has 0 heterocycles. The van der Waals surface area contributed by atoms with Crippen LogP contribution in [0.15, 0.2) is 18.2 Å². The van der Waals surface area contributed by atoms with Gasteiger partial charge in [-0.25, -0.2) is 4.39 Å². The van der Waals surface area contributed by atoms with E-state index in [-0.39, 0.29) is 5.82 Å². The molecule has 0 aliphatic carbocycles. The van der Waals surface area contributed by atoms with Crippen molar-refractivity contribution in [1.29, 1.82) is 0 Å². The van der Waals surface area contributed by atoms with Gasteiger partial charge in [0.1, 0.15) is 5.82 Å². The van der Waals surface area contributed by atoms with Crippen LogP contribution in [0.1, 0.15) is 11.1 Å². The summed E-state index contributed by atoms with van der Waals surface area (Å²) in [4.78, 5) is 0. The summed E-state index contributed by atoms with van der Waals surface area (Å²) in [7, 11) is 0. The van der Waals surface area contributed by atoms with Crippen molar-refractivity contribution in [2.24, 2.45) is 5.73 Å². The molecule has 0 amide bonds. The molecule has 0 unspecified atom stereocenters. The largest absolute Gasteiger partial charge is 0.327 e. The molecular formula is C10H11ClFN. The van der Waals surface area contributed by atoms with Crippen molar-refractivity contribution in [3.63, 3.8) is 0 Å². The lowest BCUT2D eigenvalue weighted by Crippen LogP contribution is -1.93. The Labute approximate surface area is 82.0 Å². The molecule has 1 rings (SSSR count). The van der Waals surface area contributed by atoms with Gasteiger partial charge in [-0.15, -0.1) is 0 Å². The Morgan fingerprint density at radius 2 is 2.23 bits per heavy atom. The molecule has 1 aromatic carbocycles. The third-order valence-corrected chi connectivity index (χ3v) is 2.18. The molecule has 2 N–H and O–H groups in total. The second-order valence-corrected chi connectivity index (χ2v) is 3.15. The molecule has 0 saturated heterocycles. The van der Waals surface area contributed by atoms with Gasteiger partial charge in [0.25, 0.3) is 0 Å². The smallest absolute Gasteiger partial charge is 0.125 e. The number of rotatable bonds is 2. The summed E-state index contributed by atoms with van der Waals surface area (Å²) in [5.74, 6) is -0.327. The van der Waals surface area contributed by atoms with Crippen molar-refractivity contribution >= 4 is 17.7 Å². The molecule has 0 aliphatic rings. The number of nitrogens with two attached hydrogens (primary N) is 1. The number of benzene rings is 1. The summed E-state index contributed by atoms with van der Waals surface area (Å²) in [5.41, 5.74) is 6.93. The van der Waals surface area contributed by atoms with Crippen LogP contribution in [-0.4, -0.2) is 6.54 Å². The Bertz CT molecular complexity index is 334. The Balaban J connectivity index is 3.12. The molecule has 0 spiro atoms. The maximum atomic E-state index is 12.9. The van der Waals surface area contributed by atoms with E-state index in [2.05, 4.69) is 0 Å². The minimum atomic E-state index is -0.327. The van der Waals surface area contributed by atoms with Crippen LogP contribution in [0, 0.1) is 12.7 Å². The van der Waals surface area contributed by atoms with Gasteiger partial charge in [0.2, 0.25) is 0 Å². The number of hydrogen-bond donors (Lipinski definition) is 1. The maximum Gasteiger partial charge on any atom is 0.125 e. The lowest BCUT2D eigenvalue weighted by molar-refractivity contribution is 0.627. The average molecular weight is 200 g/mol. The second kappa shape index (κ2) is 4.40. The van der Waals surface area contributed by atoms with Crippen molar-refractivity contribution in [3.8, 4) is 0 Å². The molecule has 1 nitrogen and oxygen atoms in total. The molecule has 0 aliphatic heterocycles. The topological polar surface area (TPSA) is 26.0 Å². The summed E-state index contributed by atoms with van der Waals surface area (Å²) < 4.78 is 12.9. The van der Waals surface area contributed by atoms with Gasteiger partial charge < -0.3 is 5.73 Å². The molecular weight excluding hydrogens is 189 g/mol. The minimum absolute atomic E-state index is 0.327. The Kier molecular flexibility index (Phi) is 3.46. The molecule has 0 atom stereocenters. The fraction of sp³-hybridized carbons (Fsp3) is 0.200. The lowest BCUT2D eigenvalue weighted by atomic mass is 10.1. The van der Waals surface area contributed by atoms with Crippen molar-refractivity contribution in [2.45, 2.75) is 6.92 Å². The van der Waals surface area contributed by atoms with E-state index in [0.29, 0.717) is 11.6 Å². The molecule has 0 aromatic heterocycles. The highest BCUT2D eigenvalue weighted by Gasteiger charge is 2.02. The summed E-state index contributed by atoms with van der Waals surface area (Å²) in [6.07, 6.45) is 3.53. The first-order valence-corrected chi connectivity index (χ1v) is 4.35. The zero-order chi connectivity index (χ0) is 9.84. The van der Waals surface area contributed by atoms with Gasteiger partial charge in [0.15, 0.2) is 0 Å². The molecule has 70 valence electrons. The highest BCUT2D eigenvalue weighted by molar-refractivity contribution is 6.31. The molecule has 1 aromatic rings. The fourth-order valence-corrected chi connectivity index (χ4v) is 1.25. The van der Waals surface area contributed by atoms with E-state index in [0.717, 1.165) is 11.1 Å². The summed E-state index contributed by atoms with van der Waals surface area (Å²) >= 11 is 5.79. The molecule has 0 radical (unpaired) electrons. The molecule has 0 saturated carbocycles. The average Bonchev–Trinajstić information content (AvgIpc) is 2.09. The van der Waals surface area contributed by atoms with Gasteiger partial charge in [-0.1, -0.05) is 23.8 Å². The first-order valence-electron chi connectivity index (χ1n) is 3.97. The van der Waals surface area contributed by atoms with E-state index >= 15 is 0 Å². The van der Waals surface area contributed by atoms with Crippen LogP contribution in [0.4, 0.5) is 4.39 Å². The molecule has 0 bridgehead atoms. The van der Waals surface area contributed by atoms with Gasteiger partial charge in [0, 0.05) is 11.6 Å². The van der Waals surface area contributed by atoms with Crippen LogP contribution in [-0.2, 0) is 0 Å². The predicted octanol–water partition coefficient (Wildman–Crippen LogP) is 2.76. The standard InChI is InChI=1S/C10H11ClFN/c1-7-8(3-2-4-13)5-9(12)6-10(7)11/h2-3,5-6H,4,13H2,1H3/b3-2+. The zero-order valence-corrected chi connectivity index (χ0v) is 8.11. The van der Waals surface area contributed by atoms with E-state index in [1.807, 2.05) is 6.92 Å². The molecule has 0 fully saturated rings. The monoisotopic (exact) mass is 199 g/mol. The van der Waals surface area contributed by atoms with E-state index in [1.165, 1.54) is 12.1 Å². The predicted molar refractivity (Wildman–Crippen MR) is 54.2 cm³/mol. The van der Waals surface area contributed by atoms with Crippen molar-refractivity contribution in [3.05, 3.63) is 40.2 Å². The van der Waals surface area contributed by atoms with Crippen LogP contribution in [0.5, 0.6) is 0 Å². The van der Waals surface area contributed by atoms with Gasteiger partial charge in [-0.3, -0.25) is 0 Å². The Hall–Kier alpha value is -0.860. The molecule has 3 heteroatoms. The van der Waals surface area contributed by atoms with E-state index in [4.69, 9.17) is 17.3 Å². The van der Waals surface area contributed by atoms with Crippen molar-refractivity contribution < 1.29 is 4.39 Å². The maximum absolute atomic E-state index is 12.9. The van der Waals surface area contributed by atoms with Gasteiger partial charge in [-0.05, 0) is 30.2 Å². The lowest BCUT2D eigenvalue weighted by Gasteiger charge is -2.02. The zero-order valence-electron chi connectivity index (χ0n) is 7.35. The number of hydrogen-bond acceptors (Lipinski definition) is 1. The van der Waals surface area contributed by atoms with Crippen LogP contribution in [0.25, 0.3) is 6.08 Å². The summed E-state index contributed by atoms with van der Waals surface area (Å²) in [6.45, 7) is 2.28. The van der Waals surface area contributed by atoms with Gasteiger partial charge in [0.05, 0.1) is 0 Å². The van der Waals surface area contributed by atoms with E-state index in [1.54, 1.807) is 12.2 Å². The number of halogens is 2. The Morgan fingerprint density at radius 3 is 2.85 bits per heavy atom. The van der Waals surface area contributed by atoms with Crippen LogP contribution >= 0.6 is 11.6 Å². The van der Waals surface area contributed by atoms with Crippen LogP contribution in [0.2, 0.25) is 5.02 Å². The minimum Gasteiger partial charge on any atom is -0.327 e. The Morgan fingerprint density at radius 1 is 1.54 bits per heavy atom. The van der Waals surface area contributed by atoms with Gasteiger partial charge in [-0.2, -0.15) is 0 Å². The fourth-order valence-electron chi connectivity index (χ4n) is 1.03. The molecule has 13 heavy (non-hydrogen) atoms. The van der Waals surface area contributed by atoms with Crippen molar-refractivity contribution in [2.75, 3.05) is 6.54 Å². The SMILES string of the molecule is Cc1c(Cl)cc(F)cc1/C=C/CN. The van der Waals surface area contributed by atoms with Crippen LogP contribution < -0.4 is 5.73 Å². The normalized spacial score (nSPS) is 11.1. The first kappa shape index (κ1) is 10.2. The summed E-state index contributed by atoms with van der Waals surface area (Å²) in [5, 5.41) is 0.441. The second-order valence-electron chi connectivity index (χ2n) is 2.74. The summed E-state index contributed by atoms with van der Waals surface area (Å²) in [6, 6.07) is 2.74. The third kappa shape index (κ3) is 2.54. The highest BCUT2D eigenvalue weighted by atomic mass is 35.5.